The van der Waals surface area contributed by atoms with Gasteiger partial charge in [0.15, 0.2) is 0 Å². The number of hydrogen-bond acceptors (Lipinski definition) is 2. The van der Waals surface area contributed by atoms with E-state index in [1.807, 2.05) is 0 Å². The van der Waals surface area contributed by atoms with E-state index < -0.39 is 0 Å². The van der Waals surface area contributed by atoms with E-state index in [1.165, 1.54) is 0 Å². The zero-order valence-electron chi connectivity index (χ0n) is 15.1. The van der Waals surface area contributed by atoms with Crippen LogP contribution in [0.2, 0.25) is 0 Å². The Kier molecular flexibility index (Phi) is 5.35. The van der Waals surface area contributed by atoms with Crippen molar-refractivity contribution in [3.8, 4) is 11.5 Å². The van der Waals surface area contributed by atoms with Gasteiger partial charge in [-0.05, 0) is 35.8 Å². The first-order chi connectivity index (χ1) is 9.50. The number of unbranched alkanes of at least 4 members (excludes halogenated alkanes) is 1. The topological polar surface area (TPSA) is 29.5 Å². The second-order valence-electron chi connectivity index (χ2n) is 8.00. The molecule has 0 aliphatic carbocycles. The maximum atomic E-state index is 10.8. The van der Waals surface area contributed by atoms with Crippen molar-refractivity contribution in [3.05, 3.63) is 22.8 Å². The van der Waals surface area contributed by atoms with Crippen LogP contribution in [-0.2, 0) is 10.8 Å². The lowest BCUT2D eigenvalue weighted by molar-refractivity contribution is 0.294. The maximum absolute atomic E-state index is 10.8. The van der Waals surface area contributed by atoms with Crippen molar-refractivity contribution >= 4 is 0 Å². The van der Waals surface area contributed by atoms with Crippen molar-refractivity contribution in [2.45, 2.75) is 79.1 Å². The molecule has 0 bridgehead atoms. The summed E-state index contributed by atoms with van der Waals surface area (Å²) in [7, 11) is 0. The Bertz CT molecular complexity index is 488. The third-order valence-electron chi connectivity index (χ3n) is 3.74. The molecule has 2 nitrogen and oxygen atoms in total. The minimum Gasteiger partial charge on any atom is -0.507 e. The predicted octanol–water partition coefficient (Wildman–Crippen LogP) is 5.47. The Morgan fingerprint density at radius 2 is 1.62 bits per heavy atom. The highest BCUT2D eigenvalue weighted by Crippen LogP contribution is 2.45. The maximum Gasteiger partial charge on any atom is 0.129 e. The normalized spacial score (nSPS) is 12.6. The monoisotopic (exact) mass is 292 g/mol. The minimum atomic E-state index is -0.155. The molecule has 0 spiro atoms. The fourth-order valence-electron chi connectivity index (χ4n) is 2.56. The van der Waals surface area contributed by atoms with Gasteiger partial charge in [-0.15, -0.1) is 0 Å². The molecule has 1 aromatic rings. The Balaban J connectivity index is 3.47. The quantitative estimate of drug-likeness (QED) is 0.745. The molecule has 1 N–H and O–H groups in total. The molecule has 0 fully saturated rings. The summed E-state index contributed by atoms with van der Waals surface area (Å²) < 4.78 is 6.02. The van der Waals surface area contributed by atoms with Crippen LogP contribution in [0.3, 0.4) is 0 Å². The highest BCUT2D eigenvalue weighted by Gasteiger charge is 2.30. The van der Waals surface area contributed by atoms with Gasteiger partial charge in [-0.3, -0.25) is 0 Å². The molecule has 0 aliphatic heterocycles. The second kappa shape index (κ2) is 6.29. The van der Waals surface area contributed by atoms with E-state index >= 15 is 0 Å². The van der Waals surface area contributed by atoms with E-state index in [4.69, 9.17) is 4.74 Å². The van der Waals surface area contributed by atoms with Gasteiger partial charge in [-0.1, -0.05) is 54.9 Å². The van der Waals surface area contributed by atoms with Crippen LogP contribution in [0.5, 0.6) is 11.5 Å². The lowest BCUT2D eigenvalue weighted by Crippen LogP contribution is -2.19. The first-order valence-corrected chi connectivity index (χ1v) is 8.00. The van der Waals surface area contributed by atoms with Gasteiger partial charge in [0.05, 0.1) is 6.61 Å². The van der Waals surface area contributed by atoms with E-state index in [0.717, 1.165) is 35.3 Å². The summed E-state index contributed by atoms with van der Waals surface area (Å²) >= 11 is 0. The van der Waals surface area contributed by atoms with Crippen LogP contribution in [0.4, 0.5) is 0 Å². The van der Waals surface area contributed by atoms with Crippen LogP contribution in [0.15, 0.2) is 6.07 Å². The summed E-state index contributed by atoms with van der Waals surface area (Å²) in [5.74, 6) is 1.26. The van der Waals surface area contributed by atoms with Crippen LogP contribution < -0.4 is 4.74 Å². The van der Waals surface area contributed by atoms with Crippen LogP contribution in [0, 0.1) is 6.92 Å². The average molecular weight is 292 g/mol. The van der Waals surface area contributed by atoms with Gasteiger partial charge in [0, 0.05) is 11.1 Å². The molecule has 0 amide bonds. The van der Waals surface area contributed by atoms with E-state index in [0.29, 0.717) is 12.4 Å². The van der Waals surface area contributed by atoms with Crippen molar-refractivity contribution in [2.24, 2.45) is 0 Å². The van der Waals surface area contributed by atoms with Crippen molar-refractivity contribution in [1.29, 1.82) is 0 Å². The van der Waals surface area contributed by atoms with Gasteiger partial charge < -0.3 is 9.84 Å². The number of phenolic OH excluding ortho intramolecular Hbond substituents is 1. The lowest BCUT2D eigenvalue weighted by atomic mass is 9.78. The Morgan fingerprint density at radius 3 is 2.05 bits per heavy atom. The van der Waals surface area contributed by atoms with Crippen LogP contribution in [-0.4, -0.2) is 11.7 Å². The fraction of sp³-hybridized carbons (Fsp3) is 0.684. The minimum absolute atomic E-state index is 0.0865. The molecule has 2 heteroatoms. The highest BCUT2D eigenvalue weighted by atomic mass is 16.5. The van der Waals surface area contributed by atoms with Crippen LogP contribution in [0.1, 0.15) is 78.0 Å². The lowest BCUT2D eigenvalue weighted by Gasteiger charge is -2.30. The molecule has 0 heterocycles. The molecule has 0 aromatic heterocycles. The molecule has 0 atom stereocenters. The average Bonchev–Trinajstić information content (AvgIpc) is 2.30. The number of benzene rings is 1. The second-order valence-corrected chi connectivity index (χ2v) is 8.00. The van der Waals surface area contributed by atoms with Crippen LogP contribution >= 0.6 is 0 Å². The van der Waals surface area contributed by atoms with E-state index in [1.54, 1.807) is 0 Å². The molecule has 0 saturated heterocycles. The summed E-state index contributed by atoms with van der Waals surface area (Å²) in [5, 5.41) is 10.8. The summed E-state index contributed by atoms with van der Waals surface area (Å²) in [5.41, 5.74) is 2.80. The predicted molar refractivity (Wildman–Crippen MR) is 90.6 cm³/mol. The van der Waals surface area contributed by atoms with Gasteiger partial charge in [-0.2, -0.15) is 0 Å². The van der Waals surface area contributed by atoms with Crippen molar-refractivity contribution in [3.63, 3.8) is 0 Å². The molecule has 0 saturated carbocycles. The SMILES string of the molecule is CCCCOc1c(C)cc(C(C)(C)C)c(O)c1C(C)(C)C. The first-order valence-electron chi connectivity index (χ1n) is 8.00. The molecule has 21 heavy (non-hydrogen) atoms. The van der Waals surface area contributed by atoms with E-state index in [9.17, 15) is 5.11 Å². The number of phenols is 1. The molecule has 0 unspecified atom stereocenters. The summed E-state index contributed by atoms with van der Waals surface area (Å²) in [6, 6.07) is 2.08. The summed E-state index contributed by atoms with van der Waals surface area (Å²) in [4.78, 5) is 0. The Labute approximate surface area is 130 Å². The Morgan fingerprint density at radius 1 is 1.05 bits per heavy atom. The molecule has 1 rings (SSSR count). The number of aromatic hydroxyl groups is 1. The highest BCUT2D eigenvalue weighted by molar-refractivity contribution is 5.58. The molecule has 0 radical (unpaired) electrons. The van der Waals surface area contributed by atoms with Crippen molar-refractivity contribution < 1.29 is 9.84 Å². The Hall–Kier alpha value is -1.18. The van der Waals surface area contributed by atoms with Gasteiger partial charge >= 0.3 is 0 Å². The van der Waals surface area contributed by atoms with Crippen LogP contribution in [0.25, 0.3) is 0 Å². The van der Waals surface area contributed by atoms with Gasteiger partial charge in [-0.25, -0.2) is 0 Å². The van der Waals surface area contributed by atoms with Crippen molar-refractivity contribution in [1.82, 2.24) is 0 Å². The number of ether oxygens (including phenoxy) is 1. The number of aryl methyl sites for hydroxylation is 1. The first kappa shape index (κ1) is 17.9. The molecular weight excluding hydrogens is 260 g/mol. The van der Waals surface area contributed by atoms with E-state index in [-0.39, 0.29) is 10.8 Å². The molecule has 1 aromatic carbocycles. The molecule has 120 valence electrons. The molecule has 0 aliphatic rings. The zero-order valence-corrected chi connectivity index (χ0v) is 15.1. The molecular formula is C19H32O2. The summed E-state index contributed by atoms with van der Waals surface area (Å²) in [6.45, 7) is 17.7. The van der Waals surface area contributed by atoms with Gasteiger partial charge in [0.2, 0.25) is 0 Å². The largest absolute Gasteiger partial charge is 0.507 e. The third-order valence-corrected chi connectivity index (χ3v) is 3.74. The van der Waals surface area contributed by atoms with Gasteiger partial charge in [0.1, 0.15) is 11.5 Å². The standard InChI is InChI=1S/C19H32O2/c1-9-10-11-21-17-13(2)12-14(18(3,4)5)16(20)15(17)19(6,7)8/h12,20H,9-11H2,1-8H3. The van der Waals surface area contributed by atoms with E-state index in [2.05, 4.69) is 61.5 Å². The fourth-order valence-corrected chi connectivity index (χ4v) is 2.56. The smallest absolute Gasteiger partial charge is 0.129 e. The van der Waals surface area contributed by atoms with Gasteiger partial charge in [0.25, 0.3) is 0 Å². The van der Waals surface area contributed by atoms with Crippen molar-refractivity contribution in [2.75, 3.05) is 6.61 Å². The number of rotatable bonds is 4. The zero-order chi connectivity index (χ0) is 16.4. The number of hydrogen-bond donors (Lipinski definition) is 1. The summed E-state index contributed by atoms with van der Waals surface area (Å²) in [6.07, 6.45) is 2.14. The third kappa shape index (κ3) is 4.15.